The SMILES string of the molecule is CCC(C)(CC)NS(=O)(=O)c1cc(N)c(F)cc1C. The number of hydrogen-bond donors (Lipinski definition) is 2. The van der Waals surface area contributed by atoms with E-state index in [1.54, 1.807) is 6.92 Å². The highest BCUT2D eigenvalue weighted by Crippen LogP contribution is 2.24. The highest BCUT2D eigenvalue weighted by molar-refractivity contribution is 7.89. The molecular formula is C13H21FN2O2S. The number of aryl methyl sites for hydroxylation is 1. The summed E-state index contributed by atoms with van der Waals surface area (Å²) in [5.41, 5.74) is 5.10. The van der Waals surface area contributed by atoms with Gasteiger partial charge in [-0.1, -0.05) is 13.8 Å². The van der Waals surface area contributed by atoms with Crippen molar-refractivity contribution in [1.29, 1.82) is 0 Å². The number of nitrogens with one attached hydrogen (secondary N) is 1. The Balaban J connectivity index is 3.25. The lowest BCUT2D eigenvalue weighted by molar-refractivity contribution is 0.388. The average molecular weight is 288 g/mol. The lowest BCUT2D eigenvalue weighted by Gasteiger charge is -2.28. The molecule has 0 bridgehead atoms. The van der Waals surface area contributed by atoms with Gasteiger partial charge in [0.05, 0.1) is 10.6 Å². The highest BCUT2D eigenvalue weighted by Gasteiger charge is 2.28. The van der Waals surface area contributed by atoms with Crippen LogP contribution in [0.3, 0.4) is 0 Å². The first-order valence-corrected chi connectivity index (χ1v) is 7.73. The van der Waals surface area contributed by atoms with Gasteiger partial charge in [-0.2, -0.15) is 0 Å². The predicted molar refractivity (Wildman–Crippen MR) is 74.9 cm³/mol. The second-order valence-electron chi connectivity index (χ2n) is 5.01. The fourth-order valence-electron chi connectivity index (χ4n) is 1.73. The molecule has 0 heterocycles. The molecule has 1 aromatic rings. The van der Waals surface area contributed by atoms with Crippen LogP contribution in [0.25, 0.3) is 0 Å². The second-order valence-corrected chi connectivity index (χ2v) is 6.66. The van der Waals surface area contributed by atoms with Gasteiger partial charge in [0.25, 0.3) is 0 Å². The van der Waals surface area contributed by atoms with Crippen LogP contribution in [0.4, 0.5) is 10.1 Å². The van der Waals surface area contributed by atoms with Crippen LogP contribution >= 0.6 is 0 Å². The van der Waals surface area contributed by atoms with Gasteiger partial charge in [-0.3, -0.25) is 0 Å². The molecule has 0 amide bonds. The molecule has 6 heteroatoms. The lowest BCUT2D eigenvalue weighted by Crippen LogP contribution is -2.45. The van der Waals surface area contributed by atoms with Crippen molar-refractivity contribution >= 4 is 15.7 Å². The first-order valence-electron chi connectivity index (χ1n) is 6.25. The number of sulfonamides is 1. The van der Waals surface area contributed by atoms with Crippen molar-refractivity contribution in [2.75, 3.05) is 5.73 Å². The molecule has 0 unspecified atom stereocenters. The fourth-order valence-corrected chi connectivity index (χ4v) is 3.54. The minimum atomic E-state index is -3.71. The first-order chi connectivity index (χ1) is 8.65. The molecule has 0 aliphatic carbocycles. The number of anilines is 1. The Labute approximate surface area is 114 Å². The first kappa shape index (κ1) is 15.9. The molecule has 0 spiro atoms. The third-order valence-electron chi connectivity index (χ3n) is 3.53. The summed E-state index contributed by atoms with van der Waals surface area (Å²) in [7, 11) is -3.71. The van der Waals surface area contributed by atoms with Gasteiger partial charge in [0.2, 0.25) is 10.0 Å². The molecule has 0 saturated heterocycles. The molecule has 0 saturated carbocycles. The van der Waals surface area contributed by atoms with Crippen molar-refractivity contribution in [1.82, 2.24) is 4.72 Å². The molecule has 19 heavy (non-hydrogen) atoms. The molecular weight excluding hydrogens is 267 g/mol. The van der Waals surface area contributed by atoms with Crippen molar-refractivity contribution in [2.45, 2.75) is 51.0 Å². The van der Waals surface area contributed by atoms with E-state index in [1.807, 2.05) is 20.8 Å². The van der Waals surface area contributed by atoms with Crippen LogP contribution in [0.1, 0.15) is 39.2 Å². The van der Waals surface area contributed by atoms with Gasteiger partial charge >= 0.3 is 0 Å². The highest BCUT2D eigenvalue weighted by atomic mass is 32.2. The smallest absolute Gasteiger partial charge is 0.241 e. The van der Waals surface area contributed by atoms with E-state index in [9.17, 15) is 12.8 Å². The number of rotatable bonds is 5. The Hall–Kier alpha value is -1.14. The standard InChI is InChI=1S/C13H21FN2O2S/c1-5-13(4,6-2)16-19(17,18)12-8-11(15)10(14)7-9(12)3/h7-8,16H,5-6,15H2,1-4H3. The third kappa shape index (κ3) is 3.45. The van der Waals surface area contributed by atoms with Gasteiger partial charge in [0, 0.05) is 5.54 Å². The van der Waals surface area contributed by atoms with Crippen molar-refractivity contribution in [3.8, 4) is 0 Å². The zero-order valence-corrected chi connectivity index (χ0v) is 12.6. The van der Waals surface area contributed by atoms with E-state index in [1.165, 1.54) is 6.07 Å². The van der Waals surface area contributed by atoms with Crippen molar-refractivity contribution in [2.24, 2.45) is 0 Å². The van der Waals surface area contributed by atoms with Crippen LogP contribution in [0.15, 0.2) is 17.0 Å². The summed E-state index contributed by atoms with van der Waals surface area (Å²) in [6.07, 6.45) is 1.33. The summed E-state index contributed by atoms with van der Waals surface area (Å²) in [5, 5.41) is 0. The van der Waals surface area contributed by atoms with Gasteiger partial charge in [-0.15, -0.1) is 0 Å². The summed E-state index contributed by atoms with van der Waals surface area (Å²) in [4.78, 5) is 0.0273. The van der Waals surface area contributed by atoms with E-state index < -0.39 is 21.4 Å². The van der Waals surface area contributed by atoms with Crippen LogP contribution in [-0.2, 0) is 10.0 Å². The van der Waals surface area contributed by atoms with Gasteiger partial charge in [0.15, 0.2) is 0 Å². The summed E-state index contributed by atoms with van der Waals surface area (Å²) in [6.45, 7) is 7.22. The Bertz CT molecular complexity index is 566. The fraction of sp³-hybridized carbons (Fsp3) is 0.538. The molecule has 4 nitrogen and oxygen atoms in total. The maximum Gasteiger partial charge on any atom is 0.241 e. The molecule has 0 aliphatic heterocycles. The molecule has 1 rings (SSSR count). The molecule has 1 aromatic carbocycles. The Morgan fingerprint density at radius 1 is 1.32 bits per heavy atom. The largest absolute Gasteiger partial charge is 0.396 e. The van der Waals surface area contributed by atoms with Crippen molar-refractivity contribution < 1.29 is 12.8 Å². The molecule has 0 aliphatic rings. The van der Waals surface area contributed by atoms with Gasteiger partial charge in [0.1, 0.15) is 5.82 Å². The van der Waals surface area contributed by atoms with Gasteiger partial charge < -0.3 is 5.73 Å². The lowest BCUT2D eigenvalue weighted by atomic mass is 9.98. The molecule has 0 aromatic heterocycles. The van der Waals surface area contributed by atoms with Crippen LogP contribution in [0.2, 0.25) is 0 Å². The minimum Gasteiger partial charge on any atom is -0.396 e. The third-order valence-corrected chi connectivity index (χ3v) is 5.31. The number of nitrogen functional groups attached to an aromatic ring is 1. The zero-order valence-electron chi connectivity index (χ0n) is 11.7. The van der Waals surface area contributed by atoms with Gasteiger partial charge in [-0.25, -0.2) is 17.5 Å². The monoisotopic (exact) mass is 288 g/mol. The summed E-state index contributed by atoms with van der Waals surface area (Å²) < 4.78 is 40.7. The van der Waals surface area contributed by atoms with Gasteiger partial charge in [-0.05, 0) is 44.4 Å². The van der Waals surface area contributed by atoms with Crippen LogP contribution < -0.4 is 10.5 Å². The van der Waals surface area contributed by atoms with E-state index >= 15 is 0 Å². The topological polar surface area (TPSA) is 72.2 Å². The van der Waals surface area contributed by atoms with Crippen molar-refractivity contribution in [3.63, 3.8) is 0 Å². The second kappa shape index (κ2) is 5.46. The zero-order chi connectivity index (χ0) is 14.8. The number of nitrogens with two attached hydrogens (primary N) is 1. The minimum absolute atomic E-state index is 0.0273. The summed E-state index contributed by atoms with van der Waals surface area (Å²) in [6, 6.07) is 2.30. The molecule has 108 valence electrons. The van der Waals surface area contributed by atoms with Crippen molar-refractivity contribution in [3.05, 3.63) is 23.5 Å². The maximum absolute atomic E-state index is 13.3. The van der Waals surface area contributed by atoms with Crippen LogP contribution in [0, 0.1) is 12.7 Å². The Kier molecular flexibility index (Phi) is 4.58. The normalized spacial score (nSPS) is 12.7. The summed E-state index contributed by atoms with van der Waals surface area (Å²) >= 11 is 0. The van der Waals surface area contributed by atoms with E-state index in [4.69, 9.17) is 5.73 Å². The molecule has 0 atom stereocenters. The molecule has 3 N–H and O–H groups in total. The van der Waals surface area contributed by atoms with E-state index in [-0.39, 0.29) is 10.6 Å². The maximum atomic E-state index is 13.3. The number of benzene rings is 1. The van der Waals surface area contributed by atoms with Crippen LogP contribution in [0.5, 0.6) is 0 Å². The quantitative estimate of drug-likeness (QED) is 0.818. The number of hydrogen-bond acceptors (Lipinski definition) is 3. The van der Waals surface area contributed by atoms with E-state index in [0.29, 0.717) is 18.4 Å². The Morgan fingerprint density at radius 3 is 2.32 bits per heavy atom. The number of halogens is 1. The summed E-state index contributed by atoms with van der Waals surface area (Å²) in [5.74, 6) is -0.606. The van der Waals surface area contributed by atoms with E-state index in [0.717, 1.165) is 6.07 Å². The Morgan fingerprint density at radius 2 is 1.84 bits per heavy atom. The molecule has 0 fully saturated rings. The van der Waals surface area contributed by atoms with Crippen LogP contribution in [-0.4, -0.2) is 14.0 Å². The van der Waals surface area contributed by atoms with E-state index in [2.05, 4.69) is 4.72 Å². The predicted octanol–water partition coefficient (Wildman–Crippen LogP) is 2.57. The molecule has 0 radical (unpaired) electrons. The average Bonchev–Trinajstić information content (AvgIpc) is 2.33.